The Hall–Kier alpha value is -0.700. The molecule has 0 radical (unpaired) electrons. The van der Waals surface area contributed by atoms with Crippen LogP contribution in [0, 0.1) is 0 Å². The van der Waals surface area contributed by atoms with Gasteiger partial charge in [-0.25, -0.2) is 0 Å². The first-order chi connectivity index (χ1) is 9.38. The van der Waals surface area contributed by atoms with Crippen LogP contribution in [0.3, 0.4) is 0 Å². The van der Waals surface area contributed by atoms with Crippen LogP contribution in [-0.2, 0) is 19.7 Å². The number of hydrogen-bond donors (Lipinski definition) is 2. The van der Waals surface area contributed by atoms with Crippen molar-refractivity contribution in [1.29, 1.82) is 0 Å². The summed E-state index contributed by atoms with van der Waals surface area (Å²) in [5, 5.41) is 2.73. The molecule has 2 N–H and O–H groups in total. The fourth-order valence-corrected chi connectivity index (χ4v) is 4.18. The van der Waals surface area contributed by atoms with Crippen LogP contribution in [0.15, 0.2) is 0 Å². The van der Waals surface area contributed by atoms with E-state index in [9.17, 15) is 13.2 Å². The Bertz CT molecular complexity index is 444. The molecule has 20 heavy (non-hydrogen) atoms. The highest BCUT2D eigenvalue weighted by Crippen LogP contribution is 2.15. The largest absolute Gasteiger partial charge is 0.373 e. The molecule has 2 rings (SSSR count). The van der Waals surface area contributed by atoms with Gasteiger partial charge in [0.1, 0.15) is 6.04 Å². The maximum atomic E-state index is 12.4. The Labute approximate surface area is 120 Å². The lowest BCUT2D eigenvalue weighted by molar-refractivity contribution is -0.122. The van der Waals surface area contributed by atoms with Gasteiger partial charge in [-0.2, -0.15) is 17.4 Å². The summed E-state index contributed by atoms with van der Waals surface area (Å²) in [4.78, 5) is 11.8. The van der Waals surface area contributed by atoms with Gasteiger partial charge in [-0.1, -0.05) is 0 Å². The van der Waals surface area contributed by atoms with E-state index in [1.165, 1.54) is 4.31 Å². The number of ether oxygens (including phenoxy) is 1. The standard InChI is InChI=1S/C12H23N3O4S/c1-9-7-15(8-10(2)19-9)20(17,18)14-11-5-3-4-6-13-12(11)16/h9-11,14H,3-8H2,1-2H3,(H,13,16)/t9-,10-,11-/m1/s1. The summed E-state index contributed by atoms with van der Waals surface area (Å²) >= 11 is 0. The molecule has 2 saturated heterocycles. The predicted octanol–water partition coefficient (Wildman–Crippen LogP) is -0.401. The monoisotopic (exact) mass is 305 g/mol. The van der Waals surface area contributed by atoms with E-state index in [2.05, 4.69) is 10.0 Å². The maximum Gasteiger partial charge on any atom is 0.280 e. The van der Waals surface area contributed by atoms with Crippen molar-refractivity contribution in [2.45, 2.75) is 51.4 Å². The zero-order valence-electron chi connectivity index (χ0n) is 12.0. The lowest BCUT2D eigenvalue weighted by Crippen LogP contribution is -2.55. The van der Waals surface area contributed by atoms with Gasteiger partial charge in [-0.15, -0.1) is 0 Å². The van der Waals surface area contributed by atoms with Crippen molar-refractivity contribution in [3.05, 3.63) is 0 Å². The number of nitrogens with zero attached hydrogens (tertiary/aromatic N) is 1. The molecule has 2 aliphatic heterocycles. The average molecular weight is 305 g/mol. The van der Waals surface area contributed by atoms with E-state index < -0.39 is 16.3 Å². The molecule has 7 nitrogen and oxygen atoms in total. The van der Waals surface area contributed by atoms with E-state index >= 15 is 0 Å². The second-order valence-electron chi connectivity index (χ2n) is 5.54. The summed E-state index contributed by atoms with van der Waals surface area (Å²) in [5.41, 5.74) is 0. The molecule has 2 aliphatic rings. The van der Waals surface area contributed by atoms with Gasteiger partial charge in [0.15, 0.2) is 0 Å². The molecule has 0 bridgehead atoms. The number of morpholine rings is 1. The lowest BCUT2D eigenvalue weighted by atomic mass is 10.1. The number of rotatable bonds is 3. The van der Waals surface area contributed by atoms with E-state index in [4.69, 9.17) is 4.74 Å². The summed E-state index contributed by atoms with van der Waals surface area (Å²) < 4.78 is 34.2. The highest BCUT2D eigenvalue weighted by atomic mass is 32.2. The van der Waals surface area contributed by atoms with Crippen LogP contribution in [0.4, 0.5) is 0 Å². The molecule has 2 heterocycles. The number of carbonyl (C=O) groups is 1. The van der Waals surface area contributed by atoms with Gasteiger partial charge in [-0.05, 0) is 33.1 Å². The second-order valence-corrected chi connectivity index (χ2v) is 7.24. The second kappa shape index (κ2) is 6.38. The molecule has 0 unspecified atom stereocenters. The summed E-state index contributed by atoms with van der Waals surface area (Å²) in [6.45, 7) is 4.93. The number of nitrogens with one attached hydrogen (secondary N) is 2. The third-order valence-electron chi connectivity index (χ3n) is 3.55. The Morgan fingerprint density at radius 1 is 1.25 bits per heavy atom. The van der Waals surface area contributed by atoms with E-state index in [0.717, 1.165) is 12.8 Å². The fourth-order valence-electron chi connectivity index (χ4n) is 2.63. The normalized spacial score (nSPS) is 33.5. The average Bonchev–Trinajstić information content (AvgIpc) is 2.53. The van der Waals surface area contributed by atoms with Crippen molar-refractivity contribution in [2.75, 3.05) is 19.6 Å². The zero-order chi connectivity index (χ0) is 14.8. The highest BCUT2D eigenvalue weighted by molar-refractivity contribution is 7.87. The molecular weight excluding hydrogens is 282 g/mol. The van der Waals surface area contributed by atoms with Gasteiger partial charge in [0, 0.05) is 19.6 Å². The van der Waals surface area contributed by atoms with Gasteiger partial charge < -0.3 is 10.1 Å². The van der Waals surface area contributed by atoms with Crippen LogP contribution in [0.2, 0.25) is 0 Å². The molecule has 0 aromatic heterocycles. The van der Waals surface area contributed by atoms with E-state index in [1.54, 1.807) is 0 Å². The Balaban J connectivity index is 2.04. The Morgan fingerprint density at radius 3 is 2.55 bits per heavy atom. The molecule has 2 fully saturated rings. The number of carbonyl (C=O) groups excluding carboxylic acids is 1. The van der Waals surface area contributed by atoms with Crippen LogP contribution in [0.25, 0.3) is 0 Å². The van der Waals surface area contributed by atoms with Gasteiger partial charge in [0.2, 0.25) is 5.91 Å². The first kappa shape index (κ1) is 15.7. The van der Waals surface area contributed by atoms with Gasteiger partial charge >= 0.3 is 0 Å². The molecule has 0 aromatic carbocycles. The van der Waals surface area contributed by atoms with Crippen LogP contribution >= 0.6 is 0 Å². The summed E-state index contributed by atoms with van der Waals surface area (Å²) in [6.07, 6.45) is 1.98. The Morgan fingerprint density at radius 2 is 1.90 bits per heavy atom. The maximum absolute atomic E-state index is 12.4. The smallest absolute Gasteiger partial charge is 0.280 e. The quantitative estimate of drug-likeness (QED) is 0.742. The van der Waals surface area contributed by atoms with Gasteiger partial charge in [0.05, 0.1) is 12.2 Å². The molecule has 0 aromatic rings. The van der Waals surface area contributed by atoms with E-state index in [-0.39, 0.29) is 18.1 Å². The third-order valence-corrected chi connectivity index (χ3v) is 5.11. The van der Waals surface area contributed by atoms with Crippen molar-refractivity contribution < 1.29 is 17.9 Å². The van der Waals surface area contributed by atoms with Crippen LogP contribution in [-0.4, -0.2) is 56.5 Å². The topological polar surface area (TPSA) is 87.7 Å². The number of amides is 1. The zero-order valence-corrected chi connectivity index (χ0v) is 12.8. The molecule has 0 spiro atoms. The molecule has 3 atom stereocenters. The van der Waals surface area contributed by atoms with Gasteiger partial charge in [-0.3, -0.25) is 4.79 Å². The van der Waals surface area contributed by atoms with Crippen LogP contribution in [0.1, 0.15) is 33.1 Å². The SMILES string of the molecule is C[C@@H]1CN(S(=O)(=O)N[C@@H]2CCCCNC2=O)C[C@@H](C)O1. The highest BCUT2D eigenvalue weighted by Gasteiger charge is 2.34. The minimum atomic E-state index is -3.66. The van der Waals surface area contributed by atoms with E-state index in [0.29, 0.717) is 26.1 Å². The third kappa shape index (κ3) is 3.91. The minimum Gasteiger partial charge on any atom is -0.373 e. The Kier molecular flexibility index (Phi) is 5.00. The molecule has 0 saturated carbocycles. The van der Waals surface area contributed by atoms with Crippen molar-refractivity contribution in [3.8, 4) is 0 Å². The molecule has 116 valence electrons. The molecule has 0 aliphatic carbocycles. The van der Waals surface area contributed by atoms with Gasteiger partial charge in [0.25, 0.3) is 10.2 Å². The lowest BCUT2D eigenvalue weighted by Gasteiger charge is -2.35. The predicted molar refractivity (Wildman–Crippen MR) is 74.3 cm³/mol. The first-order valence-corrected chi connectivity index (χ1v) is 8.53. The summed E-state index contributed by atoms with van der Waals surface area (Å²) in [7, 11) is -3.66. The van der Waals surface area contributed by atoms with Crippen molar-refractivity contribution >= 4 is 16.1 Å². The summed E-state index contributed by atoms with van der Waals surface area (Å²) in [6, 6.07) is -0.670. The first-order valence-electron chi connectivity index (χ1n) is 7.09. The van der Waals surface area contributed by atoms with Crippen LogP contribution in [0.5, 0.6) is 0 Å². The molecule has 1 amide bonds. The van der Waals surface area contributed by atoms with Crippen molar-refractivity contribution in [2.24, 2.45) is 0 Å². The minimum absolute atomic E-state index is 0.140. The number of hydrogen-bond acceptors (Lipinski definition) is 4. The van der Waals surface area contributed by atoms with Crippen molar-refractivity contribution in [1.82, 2.24) is 14.3 Å². The van der Waals surface area contributed by atoms with Crippen LogP contribution < -0.4 is 10.0 Å². The van der Waals surface area contributed by atoms with E-state index in [1.807, 2.05) is 13.8 Å². The summed E-state index contributed by atoms with van der Waals surface area (Å²) in [5.74, 6) is -0.236. The van der Waals surface area contributed by atoms with Crippen molar-refractivity contribution in [3.63, 3.8) is 0 Å². The fraction of sp³-hybridized carbons (Fsp3) is 0.917. The molecule has 8 heteroatoms. The molecular formula is C12H23N3O4S.